The number of rotatable bonds is 6. The molecule has 130 valence electrons. The zero-order chi connectivity index (χ0) is 17.4. The van der Waals surface area contributed by atoms with E-state index >= 15 is 0 Å². The van der Waals surface area contributed by atoms with E-state index in [2.05, 4.69) is 10.3 Å². The molecule has 24 heavy (non-hydrogen) atoms. The van der Waals surface area contributed by atoms with Gasteiger partial charge in [0.05, 0.1) is 24.6 Å². The van der Waals surface area contributed by atoms with E-state index in [-0.39, 0.29) is 12.0 Å². The van der Waals surface area contributed by atoms with Crippen LogP contribution < -0.4 is 11.1 Å². The normalized spacial score (nSPS) is 25.2. The largest absolute Gasteiger partial charge is 0.462 e. The van der Waals surface area contributed by atoms with Gasteiger partial charge >= 0.3 is 0 Å². The Bertz CT molecular complexity index is 710. The van der Waals surface area contributed by atoms with Gasteiger partial charge in [0.15, 0.2) is 10.8 Å². The first-order chi connectivity index (χ1) is 11.4. The van der Waals surface area contributed by atoms with Gasteiger partial charge in [0.25, 0.3) is 0 Å². The van der Waals surface area contributed by atoms with Gasteiger partial charge in [0.1, 0.15) is 5.54 Å². The van der Waals surface area contributed by atoms with E-state index in [1.807, 2.05) is 38.3 Å². The predicted octanol–water partition coefficient (Wildman–Crippen LogP) is 2.55. The van der Waals surface area contributed by atoms with Crippen LogP contribution in [0.3, 0.4) is 0 Å². The van der Waals surface area contributed by atoms with Gasteiger partial charge in [0.2, 0.25) is 5.91 Å². The van der Waals surface area contributed by atoms with Crippen molar-refractivity contribution in [3.8, 4) is 10.8 Å². The Balaban J connectivity index is 1.60. The molecule has 3 rings (SSSR count). The minimum absolute atomic E-state index is 0.0167. The number of carbonyl (C=O) groups is 1. The smallest absolute Gasteiger partial charge is 0.241 e. The molecule has 1 saturated carbocycles. The Kier molecular flexibility index (Phi) is 4.50. The quantitative estimate of drug-likeness (QED) is 0.836. The van der Waals surface area contributed by atoms with Crippen LogP contribution in [0.5, 0.6) is 0 Å². The molecule has 1 fully saturated rings. The molecule has 1 amide bonds. The van der Waals surface area contributed by atoms with Gasteiger partial charge in [-0.2, -0.15) is 0 Å². The zero-order valence-electron chi connectivity index (χ0n) is 14.2. The molecule has 1 aliphatic carbocycles. The first-order valence-electron chi connectivity index (χ1n) is 8.05. The van der Waals surface area contributed by atoms with Crippen LogP contribution in [0.2, 0.25) is 0 Å². The second-order valence-electron chi connectivity index (χ2n) is 6.65. The van der Waals surface area contributed by atoms with E-state index in [1.54, 1.807) is 6.26 Å². The number of hydrogen-bond acceptors (Lipinski definition) is 6. The number of ether oxygens (including phenoxy) is 1. The summed E-state index contributed by atoms with van der Waals surface area (Å²) < 4.78 is 11.0. The van der Waals surface area contributed by atoms with Crippen molar-refractivity contribution < 1.29 is 13.9 Å². The van der Waals surface area contributed by atoms with E-state index in [1.165, 1.54) is 11.3 Å². The van der Waals surface area contributed by atoms with E-state index in [0.717, 1.165) is 16.5 Å². The molecule has 7 heteroatoms. The van der Waals surface area contributed by atoms with Crippen molar-refractivity contribution in [1.82, 2.24) is 10.3 Å². The molecular formula is C17H23N3O3S. The highest BCUT2D eigenvalue weighted by Crippen LogP contribution is 2.49. The number of nitrogens with zero attached hydrogens (tertiary/aromatic N) is 1. The van der Waals surface area contributed by atoms with Gasteiger partial charge in [0, 0.05) is 23.8 Å². The maximum Gasteiger partial charge on any atom is 0.241 e. The Hall–Kier alpha value is -1.70. The summed E-state index contributed by atoms with van der Waals surface area (Å²) in [7, 11) is 0. The Morgan fingerprint density at radius 2 is 2.38 bits per heavy atom. The molecule has 2 aromatic rings. The van der Waals surface area contributed by atoms with Gasteiger partial charge < -0.3 is 20.2 Å². The van der Waals surface area contributed by atoms with Gasteiger partial charge in [-0.05, 0) is 19.1 Å². The summed E-state index contributed by atoms with van der Waals surface area (Å²) in [4.78, 5) is 17.1. The molecule has 0 saturated heterocycles. The van der Waals surface area contributed by atoms with Crippen molar-refractivity contribution in [1.29, 1.82) is 0 Å². The average molecular weight is 349 g/mol. The van der Waals surface area contributed by atoms with Crippen molar-refractivity contribution in [2.45, 2.75) is 45.4 Å². The summed E-state index contributed by atoms with van der Waals surface area (Å²) in [5.41, 5.74) is 5.86. The number of hydrogen-bond donors (Lipinski definition) is 2. The maximum absolute atomic E-state index is 12.6. The minimum Gasteiger partial charge on any atom is -0.462 e. The first kappa shape index (κ1) is 17.1. The van der Waals surface area contributed by atoms with Crippen molar-refractivity contribution in [3.05, 3.63) is 29.5 Å². The number of amides is 1. The fraction of sp³-hybridized carbons (Fsp3) is 0.529. The van der Waals surface area contributed by atoms with E-state index in [0.29, 0.717) is 19.6 Å². The lowest BCUT2D eigenvalue weighted by atomic mass is 9.54. The molecule has 1 aliphatic rings. The highest BCUT2D eigenvalue weighted by molar-refractivity contribution is 7.13. The van der Waals surface area contributed by atoms with Crippen LogP contribution in [-0.2, 0) is 16.1 Å². The third kappa shape index (κ3) is 2.76. The van der Waals surface area contributed by atoms with E-state index in [9.17, 15) is 4.79 Å². The van der Waals surface area contributed by atoms with Crippen LogP contribution in [0.25, 0.3) is 10.8 Å². The van der Waals surface area contributed by atoms with Crippen LogP contribution in [-0.4, -0.2) is 29.1 Å². The van der Waals surface area contributed by atoms with Crippen LogP contribution >= 0.6 is 11.3 Å². The fourth-order valence-corrected chi connectivity index (χ4v) is 3.84. The highest BCUT2D eigenvalue weighted by Gasteiger charge is 2.62. The fourth-order valence-electron chi connectivity index (χ4n) is 3.05. The first-order valence-corrected chi connectivity index (χ1v) is 8.93. The van der Waals surface area contributed by atoms with Crippen molar-refractivity contribution >= 4 is 17.2 Å². The number of carbonyl (C=O) groups excluding carboxylic acids is 1. The highest BCUT2D eigenvalue weighted by atomic mass is 32.1. The lowest BCUT2D eigenvalue weighted by molar-refractivity contribution is -0.170. The third-order valence-electron chi connectivity index (χ3n) is 4.95. The number of aromatic nitrogens is 1. The number of furan rings is 1. The Labute approximate surface area is 145 Å². The summed E-state index contributed by atoms with van der Waals surface area (Å²) in [6, 6.07) is 3.69. The topological polar surface area (TPSA) is 90.4 Å². The predicted molar refractivity (Wildman–Crippen MR) is 92.4 cm³/mol. The lowest BCUT2D eigenvalue weighted by Gasteiger charge is -2.57. The van der Waals surface area contributed by atoms with Gasteiger partial charge in [-0.3, -0.25) is 4.79 Å². The minimum atomic E-state index is -0.910. The molecule has 0 bridgehead atoms. The number of nitrogens with one attached hydrogen (secondary N) is 1. The van der Waals surface area contributed by atoms with Gasteiger partial charge in [-0.1, -0.05) is 13.8 Å². The maximum atomic E-state index is 12.6. The summed E-state index contributed by atoms with van der Waals surface area (Å²) >= 11 is 1.49. The molecule has 6 nitrogen and oxygen atoms in total. The Morgan fingerprint density at radius 1 is 1.58 bits per heavy atom. The van der Waals surface area contributed by atoms with Crippen LogP contribution in [0, 0.1) is 5.41 Å². The third-order valence-corrected chi connectivity index (χ3v) is 5.85. The summed E-state index contributed by atoms with van der Waals surface area (Å²) in [5.74, 6) is 0.573. The molecule has 2 unspecified atom stereocenters. The van der Waals surface area contributed by atoms with E-state index < -0.39 is 11.0 Å². The van der Waals surface area contributed by atoms with Crippen molar-refractivity contribution in [3.63, 3.8) is 0 Å². The molecule has 2 heterocycles. The zero-order valence-corrected chi connectivity index (χ0v) is 15.0. The van der Waals surface area contributed by atoms with Gasteiger partial charge in [-0.15, -0.1) is 11.3 Å². The lowest BCUT2D eigenvalue weighted by Crippen LogP contribution is -2.75. The number of nitrogens with two attached hydrogens (primary N) is 1. The number of thiazole rings is 1. The van der Waals surface area contributed by atoms with Crippen molar-refractivity contribution in [2.75, 3.05) is 6.61 Å². The molecule has 3 N–H and O–H groups in total. The summed E-state index contributed by atoms with van der Waals surface area (Å²) in [5, 5.41) is 5.62. The molecule has 2 atom stereocenters. The monoisotopic (exact) mass is 349 g/mol. The molecule has 0 radical (unpaired) electrons. The Morgan fingerprint density at radius 3 is 3.00 bits per heavy atom. The summed E-state index contributed by atoms with van der Waals surface area (Å²) in [6.45, 7) is 6.89. The molecule has 0 aliphatic heterocycles. The van der Waals surface area contributed by atoms with Crippen LogP contribution in [0.1, 0.15) is 32.9 Å². The average Bonchev–Trinajstić information content (AvgIpc) is 3.23. The second-order valence-corrected chi connectivity index (χ2v) is 7.50. The SMILES string of the molecule is CCOC1CC(N)(C(=O)NCc2csc(-c3ccco3)n2)C1(C)C. The molecule has 0 spiro atoms. The van der Waals surface area contributed by atoms with E-state index in [4.69, 9.17) is 14.9 Å². The van der Waals surface area contributed by atoms with Crippen LogP contribution in [0.15, 0.2) is 28.2 Å². The van der Waals surface area contributed by atoms with Crippen LogP contribution in [0.4, 0.5) is 0 Å². The standard InChI is InChI=1S/C17H23N3O3S/c1-4-22-13-8-17(18,16(13,2)3)15(21)19-9-11-10-24-14(20-11)12-6-5-7-23-12/h5-7,10,13H,4,8-9,18H2,1-3H3,(H,19,21). The molecular weight excluding hydrogens is 326 g/mol. The second kappa shape index (κ2) is 6.31. The molecule has 0 aromatic carbocycles. The van der Waals surface area contributed by atoms with Crippen molar-refractivity contribution in [2.24, 2.45) is 11.1 Å². The van der Waals surface area contributed by atoms with Gasteiger partial charge in [-0.25, -0.2) is 4.98 Å². The summed E-state index contributed by atoms with van der Waals surface area (Å²) in [6.07, 6.45) is 2.17. The molecule has 2 aromatic heterocycles.